The van der Waals surface area contributed by atoms with Crippen LogP contribution in [0.1, 0.15) is 19.4 Å². The van der Waals surface area contributed by atoms with Gasteiger partial charge in [0.05, 0.1) is 13.2 Å². The third kappa shape index (κ3) is 4.37. The molecule has 100 valence electrons. The minimum absolute atomic E-state index is 0.0899. The molecule has 0 spiro atoms. The molecule has 1 aromatic carbocycles. The maximum absolute atomic E-state index is 11.6. The molecule has 1 rings (SSSR count). The van der Waals surface area contributed by atoms with E-state index >= 15 is 0 Å². The molecule has 1 aromatic rings. The molecular weight excluding hydrogens is 228 g/mol. The van der Waals surface area contributed by atoms with Crippen LogP contribution in [0.15, 0.2) is 24.3 Å². The van der Waals surface area contributed by atoms with Gasteiger partial charge >= 0.3 is 0 Å². The molecule has 0 saturated heterocycles. The zero-order chi connectivity index (χ0) is 13.5. The number of carbonyl (C=O) groups is 1. The van der Waals surface area contributed by atoms with Crippen molar-refractivity contribution in [1.82, 2.24) is 5.32 Å². The van der Waals surface area contributed by atoms with Gasteiger partial charge in [0, 0.05) is 6.54 Å². The molecule has 0 fully saturated rings. The van der Waals surface area contributed by atoms with E-state index in [1.54, 1.807) is 7.11 Å². The highest BCUT2D eigenvalue weighted by Gasteiger charge is 2.16. The van der Waals surface area contributed by atoms with Crippen LogP contribution >= 0.6 is 0 Å². The van der Waals surface area contributed by atoms with Crippen LogP contribution in [-0.4, -0.2) is 25.6 Å². The summed E-state index contributed by atoms with van der Waals surface area (Å²) in [5.41, 5.74) is 6.89. The van der Waals surface area contributed by atoms with E-state index in [9.17, 15) is 4.79 Å². The normalized spacial score (nSPS) is 12.3. The Labute approximate surface area is 109 Å². The molecule has 1 amide bonds. The van der Waals surface area contributed by atoms with Crippen molar-refractivity contribution in [1.29, 1.82) is 0 Å². The second kappa shape index (κ2) is 7.01. The molecule has 0 heterocycles. The molecule has 0 aliphatic heterocycles. The van der Waals surface area contributed by atoms with Crippen LogP contribution in [0.3, 0.4) is 0 Å². The smallest absolute Gasteiger partial charge is 0.237 e. The molecule has 0 aliphatic rings. The Kier molecular flexibility index (Phi) is 5.65. The van der Waals surface area contributed by atoms with E-state index in [0.29, 0.717) is 6.54 Å². The SMILES string of the molecule is COc1cccc(CCNC(=O)[C@H](N)C(C)C)c1. The number of hydrogen-bond acceptors (Lipinski definition) is 3. The van der Waals surface area contributed by atoms with E-state index in [2.05, 4.69) is 5.32 Å². The maximum Gasteiger partial charge on any atom is 0.237 e. The zero-order valence-corrected chi connectivity index (χ0v) is 11.3. The van der Waals surface area contributed by atoms with Crippen LogP contribution in [0.4, 0.5) is 0 Å². The monoisotopic (exact) mass is 250 g/mol. The van der Waals surface area contributed by atoms with E-state index < -0.39 is 6.04 Å². The number of amides is 1. The summed E-state index contributed by atoms with van der Waals surface area (Å²) in [4.78, 5) is 11.6. The third-order valence-electron chi connectivity index (χ3n) is 2.87. The number of rotatable bonds is 6. The molecule has 18 heavy (non-hydrogen) atoms. The molecule has 0 bridgehead atoms. The molecule has 0 aromatic heterocycles. The van der Waals surface area contributed by atoms with E-state index in [1.807, 2.05) is 38.1 Å². The molecule has 0 radical (unpaired) electrons. The fraction of sp³-hybridized carbons (Fsp3) is 0.500. The fourth-order valence-electron chi connectivity index (χ4n) is 1.58. The van der Waals surface area contributed by atoms with Gasteiger partial charge in [-0.2, -0.15) is 0 Å². The van der Waals surface area contributed by atoms with Crippen molar-refractivity contribution in [3.63, 3.8) is 0 Å². The summed E-state index contributed by atoms with van der Waals surface area (Å²) in [6, 6.07) is 7.38. The predicted octanol–water partition coefficient (Wildman–Crippen LogP) is 1.34. The van der Waals surface area contributed by atoms with Gasteiger partial charge in [-0.15, -0.1) is 0 Å². The Hall–Kier alpha value is -1.55. The summed E-state index contributed by atoms with van der Waals surface area (Å²) in [6.45, 7) is 4.46. The van der Waals surface area contributed by atoms with Crippen molar-refractivity contribution in [3.05, 3.63) is 29.8 Å². The summed E-state index contributed by atoms with van der Waals surface area (Å²) < 4.78 is 5.14. The van der Waals surface area contributed by atoms with Crippen LogP contribution in [0, 0.1) is 5.92 Å². The van der Waals surface area contributed by atoms with Gasteiger partial charge in [-0.3, -0.25) is 4.79 Å². The second-order valence-corrected chi connectivity index (χ2v) is 4.66. The molecule has 1 atom stereocenters. The molecule has 0 aliphatic carbocycles. The molecule has 0 saturated carbocycles. The highest BCUT2D eigenvalue weighted by molar-refractivity contribution is 5.81. The van der Waals surface area contributed by atoms with Gasteiger partial charge in [-0.05, 0) is 30.0 Å². The Morgan fingerprint density at radius 1 is 1.44 bits per heavy atom. The average molecular weight is 250 g/mol. The van der Waals surface area contributed by atoms with Gasteiger partial charge in [0.1, 0.15) is 5.75 Å². The Balaban J connectivity index is 2.39. The first-order valence-electron chi connectivity index (χ1n) is 6.21. The number of carbonyl (C=O) groups excluding carboxylic acids is 1. The molecule has 4 nitrogen and oxygen atoms in total. The number of benzene rings is 1. The molecule has 0 unspecified atom stereocenters. The van der Waals surface area contributed by atoms with Gasteiger partial charge in [-0.1, -0.05) is 26.0 Å². The summed E-state index contributed by atoms with van der Waals surface area (Å²) in [5.74, 6) is 0.896. The van der Waals surface area contributed by atoms with E-state index in [4.69, 9.17) is 10.5 Å². The third-order valence-corrected chi connectivity index (χ3v) is 2.87. The quantitative estimate of drug-likeness (QED) is 0.800. The largest absolute Gasteiger partial charge is 0.497 e. The Bertz CT molecular complexity index is 391. The standard InChI is InChI=1S/C14H22N2O2/c1-10(2)13(15)14(17)16-8-7-11-5-4-6-12(9-11)18-3/h4-6,9-10,13H,7-8,15H2,1-3H3,(H,16,17)/t13-/m1/s1. The molecule has 4 heteroatoms. The first-order valence-corrected chi connectivity index (χ1v) is 6.21. The Morgan fingerprint density at radius 3 is 2.78 bits per heavy atom. The summed E-state index contributed by atoms with van der Waals surface area (Å²) >= 11 is 0. The molecular formula is C14H22N2O2. The first-order chi connectivity index (χ1) is 8.54. The van der Waals surface area contributed by atoms with Crippen molar-refractivity contribution in [2.45, 2.75) is 26.3 Å². The number of nitrogens with one attached hydrogen (secondary N) is 1. The summed E-state index contributed by atoms with van der Waals surface area (Å²) in [6.07, 6.45) is 0.772. The van der Waals surface area contributed by atoms with E-state index in [1.165, 1.54) is 0 Å². The summed E-state index contributed by atoms with van der Waals surface area (Å²) in [7, 11) is 1.64. The highest BCUT2D eigenvalue weighted by atomic mass is 16.5. The second-order valence-electron chi connectivity index (χ2n) is 4.66. The lowest BCUT2D eigenvalue weighted by Gasteiger charge is -2.15. The summed E-state index contributed by atoms with van der Waals surface area (Å²) in [5, 5.41) is 2.84. The number of nitrogens with two attached hydrogens (primary N) is 1. The maximum atomic E-state index is 11.6. The number of methoxy groups -OCH3 is 1. The van der Waals surface area contributed by atoms with E-state index in [-0.39, 0.29) is 11.8 Å². The minimum atomic E-state index is -0.435. The lowest BCUT2D eigenvalue weighted by molar-refractivity contribution is -0.123. The van der Waals surface area contributed by atoms with Crippen LogP contribution < -0.4 is 15.8 Å². The predicted molar refractivity (Wildman–Crippen MR) is 72.5 cm³/mol. The lowest BCUT2D eigenvalue weighted by atomic mass is 10.0. The van der Waals surface area contributed by atoms with Crippen molar-refractivity contribution in [2.24, 2.45) is 11.7 Å². The van der Waals surface area contributed by atoms with Gasteiger partial charge < -0.3 is 15.8 Å². The van der Waals surface area contributed by atoms with Crippen LogP contribution in [0.25, 0.3) is 0 Å². The molecule has 3 N–H and O–H groups in total. The van der Waals surface area contributed by atoms with Gasteiger partial charge in [0.2, 0.25) is 5.91 Å². The number of hydrogen-bond donors (Lipinski definition) is 2. The van der Waals surface area contributed by atoms with Crippen molar-refractivity contribution in [3.8, 4) is 5.75 Å². The first kappa shape index (κ1) is 14.5. The minimum Gasteiger partial charge on any atom is -0.497 e. The zero-order valence-electron chi connectivity index (χ0n) is 11.3. The fourth-order valence-corrected chi connectivity index (χ4v) is 1.58. The lowest BCUT2D eigenvalue weighted by Crippen LogP contribution is -2.44. The van der Waals surface area contributed by atoms with Gasteiger partial charge in [-0.25, -0.2) is 0 Å². The van der Waals surface area contributed by atoms with Gasteiger partial charge in [0.25, 0.3) is 0 Å². The topological polar surface area (TPSA) is 64.3 Å². The van der Waals surface area contributed by atoms with Crippen LogP contribution in [-0.2, 0) is 11.2 Å². The van der Waals surface area contributed by atoms with Crippen LogP contribution in [0.5, 0.6) is 5.75 Å². The van der Waals surface area contributed by atoms with Crippen LogP contribution in [0.2, 0.25) is 0 Å². The van der Waals surface area contributed by atoms with Crippen molar-refractivity contribution < 1.29 is 9.53 Å². The number of ether oxygens (including phenoxy) is 1. The van der Waals surface area contributed by atoms with E-state index in [0.717, 1.165) is 17.7 Å². The van der Waals surface area contributed by atoms with Gasteiger partial charge in [0.15, 0.2) is 0 Å². The van der Waals surface area contributed by atoms with Crippen molar-refractivity contribution >= 4 is 5.91 Å². The Morgan fingerprint density at radius 2 is 2.17 bits per heavy atom. The average Bonchev–Trinajstić information content (AvgIpc) is 2.37. The highest BCUT2D eigenvalue weighted by Crippen LogP contribution is 2.12. The van der Waals surface area contributed by atoms with Crippen molar-refractivity contribution in [2.75, 3.05) is 13.7 Å².